The Morgan fingerprint density at radius 2 is 2.00 bits per heavy atom. The summed E-state index contributed by atoms with van der Waals surface area (Å²) in [5.41, 5.74) is 0. The second-order valence-electron chi connectivity index (χ2n) is 1.55. The molecule has 4 heteroatoms. The molecule has 0 bridgehead atoms. The monoisotopic (exact) mass is 150 g/mol. The molecule has 0 aromatic carbocycles. The molecule has 0 aliphatic heterocycles. The van der Waals surface area contributed by atoms with Crippen molar-refractivity contribution in [3.05, 3.63) is 0 Å². The highest BCUT2D eigenvalue weighted by molar-refractivity contribution is 6.63. The molecule has 0 rings (SSSR count). The Kier molecular flexibility index (Phi) is 4.26. The van der Waals surface area contributed by atoms with Crippen LogP contribution in [-0.4, -0.2) is 24.2 Å². The second kappa shape index (κ2) is 4.47. The molecule has 0 aromatic heterocycles. The molecule has 9 heavy (non-hydrogen) atoms. The number of hydrogen-bond acceptors (Lipinski definition) is 3. The van der Waals surface area contributed by atoms with Gasteiger partial charge in [0.15, 0.2) is 5.78 Å². The topological polar surface area (TPSA) is 43.4 Å². The van der Waals surface area contributed by atoms with Crippen molar-refractivity contribution >= 4 is 22.6 Å². The SMILES string of the molecule is CC(=O)COCC(=O)Cl. The van der Waals surface area contributed by atoms with Crippen molar-refractivity contribution in [2.24, 2.45) is 0 Å². The van der Waals surface area contributed by atoms with E-state index in [0.29, 0.717) is 0 Å². The molecule has 0 saturated heterocycles. The zero-order valence-electron chi connectivity index (χ0n) is 5.02. The number of ether oxygens (including phenoxy) is 1. The molecule has 3 nitrogen and oxygen atoms in total. The maximum Gasteiger partial charge on any atom is 0.247 e. The van der Waals surface area contributed by atoms with Crippen LogP contribution >= 0.6 is 11.6 Å². The van der Waals surface area contributed by atoms with Crippen LogP contribution in [0.5, 0.6) is 0 Å². The largest absolute Gasteiger partial charge is 0.365 e. The normalized spacial score (nSPS) is 9.11. The van der Waals surface area contributed by atoms with Gasteiger partial charge >= 0.3 is 0 Å². The Morgan fingerprint density at radius 1 is 1.44 bits per heavy atom. The molecule has 0 atom stereocenters. The lowest BCUT2D eigenvalue weighted by atomic mass is 10.5. The summed E-state index contributed by atoms with van der Waals surface area (Å²) < 4.78 is 4.53. The zero-order chi connectivity index (χ0) is 7.28. The van der Waals surface area contributed by atoms with Gasteiger partial charge in [0.1, 0.15) is 13.2 Å². The molecule has 0 heterocycles. The molecular weight excluding hydrogens is 144 g/mol. The van der Waals surface area contributed by atoms with Crippen molar-refractivity contribution in [1.29, 1.82) is 0 Å². The van der Waals surface area contributed by atoms with E-state index in [9.17, 15) is 9.59 Å². The maximum atomic E-state index is 10.1. The summed E-state index contributed by atoms with van der Waals surface area (Å²) in [6.45, 7) is 1.14. The quantitative estimate of drug-likeness (QED) is 0.544. The number of ketones is 1. The van der Waals surface area contributed by atoms with Gasteiger partial charge in [-0.15, -0.1) is 0 Å². The maximum absolute atomic E-state index is 10.1. The standard InChI is InChI=1S/C5H7ClO3/c1-4(7)2-9-3-5(6)8/h2-3H2,1H3. The van der Waals surface area contributed by atoms with E-state index in [1.807, 2.05) is 0 Å². The van der Waals surface area contributed by atoms with Crippen molar-refractivity contribution in [3.8, 4) is 0 Å². The summed E-state index contributed by atoms with van der Waals surface area (Å²) in [5.74, 6) is -0.118. The fourth-order valence-corrected chi connectivity index (χ4v) is 0.352. The van der Waals surface area contributed by atoms with Crippen LogP contribution in [0.25, 0.3) is 0 Å². The van der Waals surface area contributed by atoms with Gasteiger partial charge in [-0.3, -0.25) is 9.59 Å². The molecule has 0 spiro atoms. The molecular formula is C5H7ClO3. The smallest absolute Gasteiger partial charge is 0.247 e. The van der Waals surface area contributed by atoms with E-state index >= 15 is 0 Å². The van der Waals surface area contributed by atoms with Gasteiger partial charge < -0.3 is 4.74 Å². The summed E-state index contributed by atoms with van der Waals surface area (Å²) in [6, 6.07) is 0. The average molecular weight is 151 g/mol. The Hall–Kier alpha value is -0.410. The Morgan fingerprint density at radius 3 is 2.33 bits per heavy atom. The Labute approximate surface area is 57.9 Å². The predicted molar refractivity (Wildman–Crippen MR) is 32.4 cm³/mol. The number of rotatable bonds is 4. The third-order valence-electron chi connectivity index (χ3n) is 0.521. The first-order chi connectivity index (χ1) is 4.13. The Bertz CT molecular complexity index is 107. The molecule has 0 unspecified atom stereocenters. The van der Waals surface area contributed by atoms with Gasteiger partial charge in [-0.2, -0.15) is 0 Å². The van der Waals surface area contributed by atoms with Gasteiger partial charge in [-0.05, 0) is 18.5 Å². The van der Waals surface area contributed by atoms with E-state index < -0.39 is 5.24 Å². The predicted octanol–water partition coefficient (Wildman–Crippen LogP) is 0.357. The lowest BCUT2D eigenvalue weighted by Gasteiger charge is -1.93. The van der Waals surface area contributed by atoms with E-state index in [2.05, 4.69) is 4.74 Å². The summed E-state index contributed by atoms with van der Waals surface area (Å²) in [5, 5.41) is -0.587. The molecule has 0 radical (unpaired) electrons. The zero-order valence-corrected chi connectivity index (χ0v) is 5.77. The van der Waals surface area contributed by atoms with Crippen LogP contribution in [0.3, 0.4) is 0 Å². The molecule has 0 aromatic rings. The molecule has 0 amide bonds. The van der Waals surface area contributed by atoms with Crippen molar-refractivity contribution in [1.82, 2.24) is 0 Å². The molecule has 52 valence electrons. The van der Waals surface area contributed by atoms with Crippen molar-refractivity contribution in [3.63, 3.8) is 0 Å². The van der Waals surface area contributed by atoms with Crippen molar-refractivity contribution in [2.75, 3.05) is 13.2 Å². The van der Waals surface area contributed by atoms with Crippen LogP contribution in [0.4, 0.5) is 0 Å². The number of carbonyl (C=O) groups excluding carboxylic acids is 2. The van der Waals surface area contributed by atoms with Gasteiger partial charge in [0.25, 0.3) is 0 Å². The van der Waals surface area contributed by atoms with Gasteiger partial charge in [-0.25, -0.2) is 0 Å². The minimum absolute atomic E-state index is 0.0432. The van der Waals surface area contributed by atoms with E-state index in [-0.39, 0.29) is 19.0 Å². The summed E-state index contributed by atoms with van der Waals surface area (Å²) in [7, 11) is 0. The minimum Gasteiger partial charge on any atom is -0.365 e. The third kappa shape index (κ3) is 7.59. The summed E-state index contributed by atoms with van der Waals surface area (Å²) in [4.78, 5) is 20.1. The first-order valence-electron chi connectivity index (χ1n) is 2.38. The van der Waals surface area contributed by atoms with E-state index in [1.54, 1.807) is 0 Å². The number of Topliss-reactive ketones (excluding diaryl/α,β-unsaturated/α-hetero) is 1. The highest BCUT2D eigenvalue weighted by atomic mass is 35.5. The van der Waals surface area contributed by atoms with Gasteiger partial charge in [0.2, 0.25) is 5.24 Å². The Balaban J connectivity index is 3.10. The fraction of sp³-hybridized carbons (Fsp3) is 0.600. The highest BCUT2D eigenvalue weighted by Gasteiger charge is 1.96. The van der Waals surface area contributed by atoms with E-state index in [1.165, 1.54) is 6.92 Å². The van der Waals surface area contributed by atoms with Gasteiger partial charge in [0.05, 0.1) is 0 Å². The first-order valence-corrected chi connectivity index (χ1v) is 2.76. The minimum atomic E-state index is -0.587. The van der Waals surface area contributed by atoms with Crippen molar-refractivity contribution < 1.29 is 14.3 Å². The third-order valence-corrected chi connectivity index (χ3v) is 0.630. The van der Waals surface area contributed by atoms with E-state index in [0.717, 1.165) is 0 Å². The fourth-order valence-electron chi connectivity index (χ4n) is 0.275. The van der Waals surface area contributed by atoms with E-state index in [4.69, 9.17) is 11.6 Å². The molecule has 0 fully saturated rings. The number of carbonyl (C=O) groups is 2. The summed E-state index contributed by atoms with van der Waals surface area (Å²) in [6.07, 6.45) is 0. The number of halogens is 1. The average Bonchev–Trinajstić information content (AvgIpc) is 1.63. The molecule has 0 N–H and O–H groups in total. The van der Waals surface area contributed by atoms with Crippen LogP contribution in [0, 0.1) is 0 Å². The highest BCUT2D eigenvalue weighted by Crippen LogP contribution is 1.82. The second-order valence-corrected chi connectivity index (χ2v) is 1.97. The summed E-state index contributed by atoms with van der Waals surface area (Å²) >= 11 is 4.89. The van der Waals surface area contributed by atoms with Gasteiger partial charge in [-0.1, -0.05) is 0 Å². The van der Waals surface area contributed by atoms with Gasteiger partial charge in [0, 0.05) is 0 Å². The van der Waals surface area contributed by atoms with Crippen LogP contribution in [-0.2, 0) is 14.3 Å². The van der Waals surface area contributed by atoms with Crippen LogP contribution in [0.2, 0.25) is 0 Å². The molecule has 0 aliphatic rings. The lowest BCUT2D eigenvalue weighted by molar-refractivity contribution is -0.124. The first kappa shape index (κ1) is 8.59. The lowest BCUT2D eigenvalue weighted by Crippen LogP contribution is -2.08. The van der Waals surface area contributed by atoms with Crippen LogP contribution in [0.1, 0.15) is 6.92 Å². The van der Waals surface area contributed by atoms with Crippen LogP contribution < -0.4 is 0 Å². The molecule has 0 saturated carbocycles. The van der Waals surface area contributed by atoms with Crippen molar-refractivity contribution in [2.45, 2.75) is 6.92 Å². The molecule has 0 aliphatic carbocycles. The van der Waals surface area contributed by atoms with Crippen LogP contribution in [0.15, 0.2) is 0 Å². The number of hydrogen-bond donors (Lipinski definition) is 0.